The van der Waals surface area contributed by atoms with Crippen molar-refractivity contribution in [1.29, 1.82) is 0 Å². The molecule has 2 N–H and O–H groups in total. The lowest BCUT2D eigenvalue weighted by atomic mass is 10.1. The molecule has 2 rings (SSSR count). The van der Waals surface area contributed by atoms with Gasteiger partial charge in [-0.05, 0) is 25.7 Å². The Morgan fingerprint density at radius 1 is 1.20 bits per heavy atom. The minimum Gasteiger partial charge on any atom is -0.379 e. The molecule has 148 valence electrons. The van der Waals surface area contributed by atoms with Gasteiger partial charge in [0.2, 0.25) is 0 Å². The van der Waals surface area contributed by atoms with Crippen LogP contribution in [0.4, 0.5) is 0 Å². The van der Waals surface area contributed by atoms with Gasteiger partial charge in [-0.25, -0.2) is 0 Å². The van der Waals surface area contributed by atoms with Gasteiger partial charge in [-0.1, -0.05) is 13.8 Å². The molecule has 6 nitrogen and oxygen atoms in total. The fraction of sp³-hybridized carbons (Fsp3) is 0.944. The highest BCUT2D eigenvalue weighted by Crippen LogP contribution is 2.18. The van der Waals surface area contributed by atoms with Crippen LogP contribution in [0.2, 0.25) is 0 Å². The summed E-state index contributed by atoms with van der Waals surface area (Å²) in [5, 5.41) is 7.14. The minimum absolute atomic E-state index is 0. The number of aliphatic imine (C=N–C) groups is 1. The Kier molecular flexibility index (Phi) is 10.6. The van der Waals surface area contributed by atoms with Gasteiger partial charge in [-0.15, -0.1) is 24.0 Å². The highest BCUT2D eigenvalue weighted by Gasteiger charge is 2.31. The molecule has 3 atom stereocenters. The van der Waals surface area contributed by atoms with Gasteiger partial charge in [0, 0.05) is 58.4 Å². The standard InChI is InChI=1S/C18H37N5O.HI/c1-14(2)23-12-16(4)17(13-23)21-18(19-5)20-10-15(3)11-22-6-8-24-9-7-22;/h14-17H,6-13H2,1-5H3,(H2,19,20,21);1H. The summed E-state index contributed by atoms with van der Waals surface area (Å²) in [6.07, 6.45) is 0. The number of nitrogens with one attached hydrogen (secondary N) is 2. The Morgan fingerprint density at radius 2 is 1.88 bits per heavy atom. The molecular weight excluding hydrogens is 429 g/mol. The average Bonchev–Trinajstić information content (AvgIpc) is 2.93. The van der Waals surface area contributed by atoms with E-state index in [1.54, 1.807) is 0 Å². The molecule has 0 radical (unpaired) electrons. The maximum atomic E-state index is 5.42. The molecule has 0 aromatic carbocycles. The maximum absolute atomic E-state index is 5.42. The van der Waals surface area contributed by atoms with Gasteiger partial charge < -0.3 is 15.4 Å². The first-order valence-electron chi connectivity index (χ1n) is 9.51. The van der Waals surface area contributed by atoms with Crippen LogP contribution >= 0.6 is 24.0 Å². The summed E-state index contributed by atoms with van der Waals surface area (Å²) in [7, 11) is 1.86. The molecule has 2 fully saturated rings. The van der Waals surface area contributed by atoms with Crippen molar-refractivity contribution in [2.75, 3.05) is 59.5 Å². The van der Waals surface area contributed by atoms with Crippen LogP contribution in [0.1, 0.15) is 27.7 Å². The summed E-state index contributed by atoms with van der Waals surface area (Å²) < 4.78 is 5.42. The first-order chi connectivity index (χ1) is 11.5. The second kappa shape index (κ2) is 11.6. The van der Waals surface area contributed by atoms with Crippen LogP contribution in [0.25, 0.3) is 0 Å². The predicted molar refractivity (Wildman–Crippen MR) is 116 cm³/mol. The summed E-state index contributed by atoms with van der Waals surface area (Å²) in [6.45, 7) is 17.4. The molecule has 2 aliphatic rings. The van der Waals surface area contributed by atoms with E-state index >= 15 is 0 Å². The van der Waals surface area contributed by atoms with E-state index in [1.807, 2.05) is 7.05 Å². The third kappa shape index (κ3) is 7.56. The van der Waals surface area contributed by atoms with E-state index in [0.29, 0.717) is 23.9 Å². The van der Waals surface area contributed by atoms with E-state index in [9.17, 15) is 0 Å². The van der Waals surface area contributed by atoms with Crippen molar-refractivity contribution < 1.29 is 4.74 Å². The van der Waals surface area contributed by atoms with E-state index in [1.165, 1.54) is 6.54 Å². The van der Waals surface area contributed by atoms with Crippen molar-refractivity contribution >= 4 is 29.9 Å². The van der Waals surface area contributed by atoms with E-state index in [2.05, 4.69) is 53.1 Å². The monoisotopic (exact) mass is 467 g/mol. The number of ether oxygens (including phenoxy) is 1. The van der Waals surface area contributed by atoms with E-state index in [-0.39, 0.29) is 24.0 Å². The van der Waals surface area contributed by atoms with Gasteiger partial charge in [0.15, 0.2) is 5.96 Å². The number of rotatable bonds is 6. The van der Waals surface area contributed by atoms with Crippen LogP contribution in [0.3, 0.4) is 0 Å². The molecule has 25 heavy (non-hydrogen) atoms. The fourth-order valence-corrected chi connectivity index (χ4v) is 3.54. The molecule has 2 heterocycles. The number of morpholine rings is 1. The summed E-state index contributed by atoms with van der Waals surface area (Å²) in [6, 6.07) is 1.09. The molecule has 2 saturated heterocycles. The zero-order chi connectivity index (χ0) is 17.5. The Balaban J connectivity index is 0.00000312. The molecule has 0 aromatic rings. The normalized spacial score (nSPS) is 27.2. The molecule has 3 unspecified atom stereocenters. The average molecular weight is 467 g/mol. The molecular formula is C18H38IN5O. The Hall–Kier alpha value is -0.120. The minimum atomic E-state index is 0. The number of guanidine groups is 1. The number of hydrogen-bond donors (Lipinski definition) is 2. The van der Waals surface area contributed by atoms with E-state index < -0.39 is 0 Å². The number of halogens is 1. The first kappa shape index (κ1) is 22.9. The fourth-order valence-electron chi connectivity index (χ4n) is 3.54. The van der Waals surface area contributed by atoms with E-state index in [4.69, 9.17) is 4.74 Å². The van der Waals surface area contributed by atoms with Crippen molar-refractivity contribution in [2.45, 2.75) is 39.8 Å². The van der Waals surface area contributed by atoms with Gasteiger partial charge in [-0.2, -0.15) is 0 Å². The lowest BCUT2D eigenvalue weighted by molar-refractivity contribution is 0.0320. The van der Waals surface area contributed by atoms with Crippen molar-refractivity contribution in [3.8, 4) is 0 Å². The van der Waals surface area contributed by atoms with Gasteiger partial charge in [0.1, 0.15) is 0 Å². The largest absolute Gasteiger partial charge is 0.379 e. The Morgan fingerprint density at radius 3 is 2.44 bits per heavy atom. The zero-order valence-corrected chi connectivity index (χ0v) is 19.0. The number of hydrogen-bond acceptors (Lipinski definition) is 4. The third-order valence-electron chi connectivity index (χ3n) is 5.21. The molecule has 0 aliphatic carbocycles. The maximum Gasteiger partial charge on any atom is 0.191 e. The topological polar surface area (TPSA) is 52.1 Å². The van der Waals surface area contributed by atoms with E-state index in [0.717, 1.165) is 51.9 Å². The summed E-state index contributed by atoms with van der Waals surface area (Å²) in [5.41, 5.74) is 0. The third-order valence-corrected chi connectivity index (χ3v) is 5.21. The first-order valence-corrected chi connectivity index (χ1v) is 9.51. The highest BCUT2D eigenvalue weighted by atomic mass is 127. The second-order valence-electron chi connectivity index (χ2n) is 7.75. The van der Waals surface area contributed by atoms with Gasteiger partial charge in [0.05, 0.1) is 13.2 Å². The predicted octanol–water partition coefficient (Wildman–Crippen LogP) is 1.47. The van der Waals surface area contributed by atoms with Gasteiger partial charge >= 0.3 is 0 Å². The van der Waals surface area contributed by atoms with Gasteiger partial charge in [0.25, 0.3) is 0 Å². The van der Waals surface area contributed by atoms with Crippen LogP contribution in [-0.2, 0) is 4.74 Å². The summed E-state index contributed by atoms with van der Waals surface area (Å²) in [4.78, 5) is 9.45. The van der Waals surface area contributed by atoms with Crippen LogP contribution in [-0.4, -0.2) is 87.4 Å². The van der Waals surface area contributed by atoms with Crippen LogP contribution in [0, 0.1) is 11.8 Å². The van der Waals surface area contributed by atoms with Gasteiger partial charge in [-0.3, -0.25) is 14.8 Å². The number of likely N-dealkylation sites (tertiary alicyclic amines) is 1. The lowest BCUT2D eigenvalue weighted by Crippen LogP contribution is -2.48. The smallest absolute Gasteiger partial charge is 0.191 e. The van der Waals surface area contributed by atoms with Crippen molar-refractivity contribution in [3.05, 3.63) is 0 Å². The SMILES string of the molecule is CN=C(NCC(C)CN1CCOCC1)NC1CN(C(C)C)CC1C.I. The lowest BCUT2D eigenvalue weighted by Gasteiger charge is -2.29. The molecule has 0 aromatic heterocycles. The molecule has 0 spiro atoms. The molecule has 0 amide bonds. The molecule has 2 aliphatic heterocycles. The second-order valence-corrected chi connectivity index (χ2v) is 7.75. The molecule has 0 saturated carbocycles. The Bertz CT molecular complexity index is 401. The molecule has 7 heteroatoms. The van der Waals surface area contributed by atoms with Crippen LogP contribution in [0.5, 0.6) is 0 Å². The zero-order valence-electron chi connectivity index (χ0n) is 16.6. The highest BCUT2D eigenvalue weighted by molar-refractivity contribution is 14.0. The quantitative estimate of drug-likeness (QED) is 0.352. The summed E-state index contributed by atoms with van der Waals surface area (Å²) >= 11 is 0. The van der Waals surface area contributed by atoms with Crippen molar-refractivity contribution in [2.24, 2.45) is 16.8 Å². The number of nitrogens with zero attached hydrogens (tertiary/aromatic N) is 3. The van der Waals surface area contributed by atoms with Crippen molar-refractivity contribution in [1.82, 2.24) is 20.4 Å². The summed E-state index contributed by atoms with van der Waals surface area (Å²) in [5.74, 6) is 2.18. The van der Waals surface area contributed by atoms with Crippen LogP contribution < -0.4 is 10.6 Å². The van der Waals surface area contributed by atoms with Crippen LogP contribution in [0.15, 0.2) is 4.99 Å². The Labute approximate surface area is 171 Å². The molecule has 0 bridgehead atoms. The van der Waals surface area contributed by atoms with Crippen molar-refractivity contribution in [3.63, 3.8) is 0 Å².